The summed E-state index contributed by atoms with van der Waals surface area (Å²) in [6.45, 7) is 14.6. The fraction of sp³-hybridized carbons (Fsp3) is 0.895. The lowest BCUT2D eigenvalue weighted by Crippen LogP contribution is -2.57. The zero-order valence-electron chi connectivity index (χ0n) is 17.1. The molecule has 26 heavy (non-hydrogen) atoms. The van der Waals surface area contributed by atoms with Gasteiger partial charge in [0.2, 0.25) is 0 Å². The van der Waals surface area contributed by atoms with Gasteiger partial charge in [-0.15, -0.1) is 11.5 Å². The van der Waals surface area contributed by atoms with Crippen molar-refractivity contribution in [1.29, 1.82) is 0 Å². The Hall–Kier alpha value is -0.463. The van der Waals surface area contributed by atoms with Gasteiger partial charge in [-0.05, 0) is 34.1 Å². The Balaban J connectivity index is 2.07. The molecule has 2 saturated heterocycles. The van der Waals surface area contributed by atoms with Gasteiger partial charge in [-0.3, -0.25) is 0 Å². The molecule has 0 spiro atoms. The van der Waals surface area contributed by atoms with Crippen molar-refractivity contribution in [3.8, 4) is 11.5 Å². The van der Waals surface area contributed by atoms with Crippen molar-refractivity contribution in [2.45, 2.75) is 103 Å². The minimum Gasteiger partial charge on any atom is -0.385 e. The Bertz CT molecular complexity index is 520. The first-order chi connectivity index (χ1) is 12.0. The third kappa shape index (κ3) is 6.03. The average molecular weight is 387 g/mol. The Morgan fingerprint density at radius 3 is 2.46 bits per heavy atom. The van der Waals surface area contributed by atoms with Crippen molar-refractivity contribution in [2.75, 3.05) is 6.61 Å². The van der Waals surface area contributed by atoms with Gasteiger partial charge in [0, 0.05) is 13.0 Å². The van der Waals surface area contributed by atoms with Crippen LogP contribution in [0.4, 0.5) is 0 Å². The van der Waals surface area contributed by atoms with E-state index in [0.717, 1.165) is 0 Å². The summed E-state index contributed by atoms with van der Waals surface area (Å²) in [5.74, 6) is 2.51. The normalized spacial score (nSPS) is 34.7. The Morgan fingerprint density at radius 1 is 1.19 bits per heavy atom. The number of ether oxygens (including phenoxy) is 5. The number of aliphatic hydroxyl groups excluding tert-OH is 1. The zero-order valence-corrected chi connectivity index (χ0v) is 18.1. The Morgan fingerprint density at radius 2 is 1.85 bits per heavy atom. The number of aliphatic hydroxyl groups is 1. The third-order valence-corrected chi connectivity index (χ3v) is 5.13. The predicted octanol–water partition coefficient (Wildman–Crippen LogP) is 2.65. The third-order valence-electron chi connectivity index (χ3n) is 4.20. The molecule has 0 bridgehead atoms. The van der Waals surface area contributed by atoms with Gasteiger partial charge < -0.3 is 28.8 Å². The van der Waals surface area contributed by atoms with Crippen molar-refractivity contribution < 1.29 is 28.8 Å². The maximum Gasteiger partial charge on any atom is 0.189 e. The molecule has 0 saturated carbocycles. The van der Waals surface area contributed by atoms with Crippen LogP contribution in [0.1, 0.15) is 40.5 Å². The molecular weight excluding hydrogens is 352 g/mol. The van der Waals surface area contributed by atoms with Gasteiger partial charge >= 0.3 is 0 Å². The average Bonchev–Trinajstić information content (AvgIpc) is 2.83. The molecule has 7 heteroatoms. The molecule has 2 aliphatic heterocycles. The molecule has 6 nitrogen and oxygen atoms in total. The van der Waals surface area contributed by atoms with Crippen molar-refractivity contribution in [3.63, 3.8) is 0 Å². The number of hydrogen-bond donors (Lipinski definition) is 1. The van der Waals surface area contributed by atoms with E-state index < -0.39 is 38.6 Å². The number of hydrogen-bond acceptors (Lipinski definition) is 6. The predicted molar refractivity (Wildman–Crippen MR) is 101 cm³/mol. The van der Waals surface area contributed by atoms with E-state index in [1.807, 2.05) is 20.8 Å². The van der Waals surface area contributed by atoms with E-state index in [1.54, 1.807) is 6.92 Å². The van der Waals surface area contributed by atoms with Gasteiger partial charge in [0.15, 0.2) is 18.4 Å². The van der Waals surface area contributed by atoms with Crippen molar-refractivity contribution in [1.82, 2.24) is 0 Å². The van der Waals surface area contributed by atoms with Gasteiger partial charge in [-0.1, -0.05) is 19.6 Å². The Labute approximate surface area is 158 Å². The highest BCUT2D eigenvalue weighted by molar-refractivity contribution is 6.83. The molecule has 0 amide bonds. The fourth-order valence-corrected chi connectivity index (χ4v) is 3.86. The van der Waals surface area contributed by atoms with E-state index in [0.29, 0.717) is 19.4 Å². The molecule has 6 atom stereocenters. The Kier molecular flexibility index (Phi) is 7.30. The van der Waals surface area contributed by atoms with Gasteiger partial charge in [0.1, 0.15) is 26.4 Å². The summed E-state index contributed by atoms with van der Waals surface area (Å²) in [5.41, 5.74) is 3.37. The summed E-state index contributed by atoms with van der Waals surface area (Å²) in [6.07, 6.45) is -1.89. The maximum absolute atomic E-state index is 10.7. The van der Waals surface area contributed by atoms with Gasteiger partial charge in [0.25, 0.3) is 0 Å². The van der Waals surface area contributed by atoms with Gasteiger partial charge in [-0.25, -0.2) is 0 Å². The SMILES string of the molecule is CCOC(C)O[C@H]1O[C@H](CCC#C[Si](C)(C)C)[C@H]2OC(C)(C)O[C@@H]2[C@@H]1O. The van der Waals surface area contributed by atoms with E-state index >= 15 is 0 Å². The summed E-state index contributed by atoms with van der Waals surface area (Å²) in [6, 6.07) is 0. The topological polar surface area (TPSA) is 66.4 Å². The minimum atomic E-state index is -1.39. The molecule has 1 unspecified atom stereocenters. The van der Waals surface area contributed by atoms with Crippen LogP contribution in [0.25, 0.3) is 0 Å². The van der Waals surface area contributed by atoms with E-state index in [2.05, 4.69) is 31.1 Å². The zero-order chi connectivity index (χ0) is 19.5. The molecule has 0 aliphatic carbocycles. The summed E-state index contributed by atoms with van der Waals surface area (Å²) in [4.78, 5) is 0. The first-order valence-corrected chi connectivity index (χ1v) is 13.0. The highest BCUT2D eigenvalue weighted by atomic mass is 28.3. The molecule has 0 aromatic carbocycles. The van der Waals surface area contributed by atoms with Crippen LogP contribution in [0.15, 0.2) is 0 Å². The van der Waals surface area contributed by atoms with Crippen LogP contribution in [-0.2, 0) is 23.7 Å². The highest BCUT2D eigenvalue weighted by Crippen LogP contribution is 2.39. The molecule has 2 fully saturated rings. The lowest BCUT2D eigenvalue weighted by Gasteiger charge is -2.40. The number of fused-ring (bicyclic) bond motifs is 1. The van der Waals surface area contributed by atoms with Crippen molar-refractivity contribution in [3.05, 3.63) is 0 Å². The van der Waals surface area contributed by atoms with E-state index in [4.69, 9.17) is 23.7 Å². The maximum atomic E-state index is 10.7. The fourth-order valence-electron chi connectivity index (χ4n) is 3.20. The van der Waals surface area contributed by atoms with Crippen LogP contribution in [0.2, 0.25) is 19.6 Å². The lowest BCUT2D eigenvalue weighted by atomic mass is 9.96. The quantitative estimate of drug-likeness (QED) is 0.430. The molecule has 0 aromatic rings. The monoisotopic (exact) mass is 386 g/mol. The molecule has 2 heterocycles. The van der Waals surface area contributed by atoms with Crippen LogP contribution in [-0.4, -0.2) is 62.6 Å². The molecule has 1 N–H and O–H groups in total. The molecular formula is C19H34O6Si. The van der Waals surface area contributed by atoms with Crippen LogP contribution >= 0.6 is 0 Å². The molecule has 0 radical (unpaired) electrons. The van der Waals surface area contributed by atoms with Crippen molar-refractivity contribution in [2.24, 2.45) is 0 Å². The van der Waals surface area contributed by atoms with Gasteiger partial charge in [0.05, 0.1) is 6.10 Å². The van der Waals surface area contributed by atoms with Crippen LogP contribution in [0.5, 0.6) is 0 Å². The van der Waals surface area contributed by atoms with E-state index in [1.165, 1.54) is 0 Å². The minimum absolute atomic E-state index is 0.250. The first-order valence-electron chi connectivity index (χ1n) is 9.48. The second kappa shape index (κ2) is 8.70. The highest BCUT2D eigenvalue weighted by Gasteiger charge is 2.55. The van der Waals surface area contributed by atoms with Gasteiger partial charge in [-0.2, -0.15) is 0 Å². The van der Waals surface area contributed by atoms with Crippen LogP contribution in [0.3, 0.4) is 0 Å². The van der Waals surface area contributed by atoms with E-state index in [-0.39, 0.29) is 12.2 Å². The first kappa shape index (κ1) is 21.8. The molecule has 0 aromatic heterocycles. The van der Waals surface area contributed by atoms with Crippen LogP contribution in [0, 0.1) is 11.5 Å². The second-order valence-corrected chi connectivity index (χ2v) is 13.1. The molecule has 2 rings (SSSR count). The largest absolute Gasteiger partial charge is 0.385 e. The smallest absolute Gasteiger partial charge is 0.189 e. The molecule has 2 aliphatic rings. The standard InChI is InChI=1S/C19H34O6Si/c1-8-21-13(2)22-18-15(20)17-16(24-19(3,4)25-17)14(23-18)11-9-10-12-26(5,6)7/h13-18,20H,8-9,11H2,1-7H3/t13?,14-,15+,16-,17-,18+/m1/s1. The summed E-state index contributed by atoms with van der Waals surface area (Å²) < 4.78 is 29.1. The van der Waals surface area contributed by atoms with Crippen molar-refractivity contribution >= 4 is 8.07 Å². The number of rotatable bonds is 6. The lowest BCUT2D eigenvalue weighted by molar-refractivity contribution is -0.318. The molecule has 150 valence electrons. The summed E-state index contributed by atoms with van der Waals surface area (Å²) in [5, 5.41) is 10.7. The summed E-state index contributed by atoms with van der Waals surface area (Å²) in [7, 11) is -1.39. The van der Waals surface area contributed by atoms with Crippen LogP contribution < -0.4 is 0 Å². The summed E-state index contributed by atoms with van der Waals surface area (Å²) >= 11 is 0. The van der Waals surface area contributed by atoms with E-state index in [9.17, 15) is 5.11 Å². The second-order valence-electron chi connectivity index (χ2n) is 8.35.